The second-order valence-corrected chi connectivity index (χ2v) is 7.27. The normalized spacial score (nSPS) is 23.5. The van der Waals surface area contributed by atoms with Crippen LogP contribution in [0.4, 0.5) is 5.69 Å². The largest absolute Gasteiger partial charge is 0.428 e. The number of morpholine rings is 1. The Morgan fingerprint density at radius 3 is 2.58 bits per heavy atom. The second-order valence-electron chi connectivity index (χ2n) is 6.35. The molecule has 1 saturated heterocycles. The molecule has 1 aromatic carbocycles. The SMILES string of the molecule is Cc1cc(N2N=N[C@@H](c3ccc(Br)cc3)[C@@H]2N2CCOCC2)cc(=O)o1. The standard InChI is InChI=1S/C18H19BrN4O3/c1-12-10-15(11-16(24)26-12)23-18(22-6-8-25-9-7-22)17(20-21-23)13-2-4-14(19)5-3-13/h2-5,10-11,17-18H,6-9H2,1H3/t17-,18+/m0/s1. The fourth-order valence-corrected chi connectivity index (χ4v) is 3.64. The van der Waals surface area contributed by atoms with Gasteiger partial charge in [-0.3, -0.25) is 4.90 Å². The number of hydrogen-bond acceptors (Lipinski definition) is 7. The van der Waals surface area contributed by atoms with Crippen LogP contribution in [0.25, 0.3) is 0 Å². The molecule has 0 amide bonds. The van der Waals surface area contributed by atoms with Crippen molar-refractivity contribution in [1.82, 2.24) is 4.90 Å². The van der Waals surface area contributed by atoms with Crippen molar-refractivity contribution < 1.29 is 9.15 Å². The average Bonchev–Trinajstić information content (AvgIpc) is 3.07. The third kappa shape index (κ3) is 3.44. The molecule has 136 valence electrons. The summed E-state index contributed by atoms with van der Waals surface area (Å²) in [5.41, 5.74) is 1.39. The van der Waals surface area contributed by atoms with Gasteiger partial charge in [-0.25, -0.2) is 9.80 Å². The lowest BCUT2D eigenvalue weighted by molar-refractivity contribution is 0.0140. The molecule has 0 spiro atoms. The van der Waals surface area contributed by atoms with E-state index >= 15 is 0 Å². The topological polar surface area (TPSA) is 70.6 Å². The van der Waals surface area contributed by atoms with Crippen LogP contribution in [-0.2, 0) is 4.74 Å². The number of ether oxygens (including phenoxy) is 1. The summed E-state index contributed by atoms with van der Waals surface area (Å²) >= 11 is 3.47. The lowest BCUT2D eigenvalue weighted by Gasteiger charge is -2.38. The van der Waals surface area contributed by atoms with E-state index in [9.17, 15) is 4.79 Å². The molecule has 0 N–H and O–H groups in total. The third-order valence-electron chi connectivity index (χ3n) is 4.58. The van der Waals surface area contributed by atoms with Crippen LogP contribution in [0.1, 0.15) is 17.4 Å². The molecule has 3 heterocycles. The first-order chi connectivity index (χ1) is 12.6. The zero-order chi connectivity index (χ0) is 18.1. The van der Waals surface area contributed by atoms with Gasteiger partial charge < -0.3 is 9.15 Å². The van der Waals surface area contributed by atoms with Crippen molar-refractivity contribution >= 4 is 21.6 Å². The van der Waals surface area contributed by atoms with E-state index in [1.807, 2.05) is 23.2 Å². The Kier molecular flexibility index (Phi) is 4.88. The van der Waals surface area contributed by atoms with Crippen molar-refractivity contribution in [3.63, 3.8) is 0 Å². The molecule has 2 aliphatic heterocycles. The van der Waals surface area contributed by atoms with Gasteiger partial charge in [0, 0.05) is 29.7 Å². The first-order valence-corrected chi connectivity index (χ1v) is 9.30. The Morgan fingerprint density at radius 1 is 1.15 bits per heavy atom. The molecule has 0 aliphatic carbocycles. The van der Waals surface area contributed by atoms with Crippen LogP contribution in [0, 0.1) is 6.92 Å². The van der Waals surface area contributed by atoms with Crippen molar-refractivity contribution in [3.05, 3.63) is 62.6 Å². The van der Waals surface area contributed by atoms with E-state index in [0.29, 0.717) is 24.7 Å². The fourth-order valence-electron chi connectivity index (χ4n) is 3.38. The average molecular weight is 419 g/mol. The minimum absolute atomic E-state index is 0.110. The van der Waals surface area contributed by atoms with E-state index < -0.39 is 0 Å². The summed E-state index contributed by atoms with van der Waals surface area (Å²) < 4.78 is 11.6. The van der Waals surface area contributed by atoms with Gasteiger partial charge >= 0.3 is 5.63 Å². The highest BCUT2D eigenvalue weighted by molar-refractivity contribution is 9.10. The molecule has 0 saturated carbocycles. The maximum atomic E-state index is 11.8. The summed E-state index contributed by atoms with van der Waals surface area (Å²) in [6.45, 7) is 4.69. The van der Waals surface area contributed by atoms with Crippen LogP contribution in [0.15, 0.2) is 60.4 Å². The molecule has 26 heavy (non-hydrogen) atoms. The quantitative estimate of drug-likeness (QED) is 0.764. The van der Waals surface area contributed by atoms with Crippen LogP contribution in [-0.4, -0.2) is 37.4 Å². The zero-order valence-corrected chi connectivity index (χ0v) is 15.9. The summed E-state index contributed by atoms with van der Waals surface area (Å²) in [7, 11) is 0. The predicted octanol–water partition coefficient (Wildman–Crippen LogP) is 3.30. The van der Waals surface area contributed by atoms with Gasteiger partial charge in [0.25, 0.3) is 0 Å². The van der Waals surface area contributed by atoms with Gasteiger partial charge in [0.05, 0.1) is 18.9 Å². The smallest absolute Gasteiger partial charge is 0.337 e. The van der Waals surface area contributed by atoms with E-state index in [-0.39, 0.29) is 17.8 Å². The summed E-state index contributed by atoms with van der Waals surface area (Å²) in [5, 5.41) is 10.8. The van der Waals surface area contributed by atoms with Gasteiger partial charge in [0.1, 0.15) is 18.0 Å². The molecule has 2 atom stereocenters. The van der Waals surface area contributed by atoms with Gasteiger partial charge in [0.2, 0.25) is 0 Å². The number of aryl methyl sites for hydroxylation is 1. The zero-order valence-electron chi connectivity index (χ0n) is 14.3. The van der Waals surface area contributed by atoms with Gasteiger partial charge in [0.15, 0.2) is 0 Å². The summed E-state index contributed by atoms with van der Waals surface area (Å²) in [4.78, 5) is 14.1. The highest BCUT2D eigenvalue weighted by atomic mass is 79.9. The van der Waals surface area contributed by atoms with Crippen molar-refractivity contribution in [2.45, 2.75) is 19.1 Å². The molecule has 1 fully saturated rings. The maximum Gasteiger partial charge on any atom is 0.337 e. The van der Waals surface area contributed by atoms with E-state index in [4.69, 9.17) is 9.15 Å². The molecule has 2 aromatic rings. The summed E-state index contributed by atoms with van der Waals surface area (Å²) in [5.74, 6) is 0.551. The first-order valence-electron chi connectivity index (χ1n) is 8.51. The monoisotopic (exact) mass is 418 g/mol. The minimum atomic E-state index is -0.386. The lowest BCUT2D eigenvalue weighted by Crippen LogP contribution is -2.51. The number of rotatable bonds is 3. The number of halogens is 1. The third-order valence-corrected chi connectivity index (χ3v) is 5.11. The number of benzene rings is 1. The molecule has 0 bridgehead atoms. The fraction of sp³-hybridized carbons (Fsp3) is 0.389. The molecular weight excluding hydrogens is 400 g/mol. The van der Waals surface area contributed by atoms with Gasteiger partial charge in [-0.15, -0.1) is 0 Å². The van der Waals surface area contributed by atoms with Crippen LogP contribution in [0.3, 0.4) is 0 Å². The molecular formula is C18H19BrN4O3. The van der Waals surface area contributed by atoms with Crippen LogP contribution in [0.5, 0.6) is 0 Å². The molecule has 4 rings (SSSR count). The predicted molar refractivity (Wildman–Crippen MR) is 100 cm³/mol. The molecule has 1 aromatic heterocycles. The van der Waals surface area contributed by atoms with Crippen molar-refractivity contribution in [3.8, 4) is 0 Å². The number of hydrogen-bond donors (Lipinski definition) is 0. The molecule has 8 heteroatoms. The Hall–Kier alpha value is -2.03. The molecule has 0 radical (unpaired) electrons. The minimum Gasteiger partial charge on any atom is -0.428 e. The van der Waals surface area contributed by atoms with Crippen molar-refractivity contribution in [2.24, 2.45) is 10.3 Å². The van der Waals surface area contributed by atoms with Crippen molar-refractivity contribution in [1.29, 1.82) is 0 Å². The molecule has 0 unspecified atom stereocenters. The summed E-state index contributed by atoms with van der Waals surface area (Å²) in [6.07, 6.45) is -0.110. The highest BCUT2D eigenvalue weighted by Crippen LogP contribution is 2.37. The Bertz CT molecular complexity index is 861. The van der Waals surface area contributed by atoms with Crippen LogP contribution < -0.4 is 10.6 Å². The van der Waals surface area contributed by atoms with Gasteiger partial charge in [-0.1, -0.05) is 33.3 Å². The van der Waals surface area contributed by atoms with Gasteiger partial charge in [-0.05, 0) is 24.6 Å². The molecule has 2 aliphatic rings. The maximum absolute atomic E-state index is 11.8. The van der Waals surface area contributed by atoms with E-state index in [2.05, 4.69) is 43.3 Å². The number of anilines is 1. The van der Waals surface area contributed by atoms with E-state index in [0.717, 1.165) is 23.1 Å². The van der Waals surface area contributed by atoms with E-state index in [1.54, 1.807) is 6.92 Å². The lowest BCUT2D eigenvalue weighted by atomic mass is 10.0. The van der Waals surface area contributed by atoms with Crippen LogP contribution >= 0.6 is 15.9 Å². The summed E-state index contributed by atoms with van der Waals surface area (Å²) in [6, 6.07) is 11.2. The Balaban J connectivity index is 1.72. The first kappa shape index (κ1) is 17.4. The van der Waals surface area contributed by atoms with Crippen molar-refractivity contribution in [2.75, 3.05) is 31.3 Å². The second kappa shape index (κ2) is 7.30. The van der Waals surface area contributed by atoms with Gasteiger partial charge in [-0.2, -0.15) is 5.11 Å². The number of nitrogens with zero attached hydrogens (tertiary/aromatic N) is 4. The Labute approximate surface area is 159 Å². The van der Waals surface area contributed by atoms with Crippen LogP contribution in [0.2, 0.25) is 0 Å². The molecule has 7 nitrogen and oxygen atoms in total. The van der Waals surface area contributed by atoms with E-state index in [1.165, 1.54) is 6.07 Å². The Morgan fingerprint density at radius 2 is 1.88 bits per heavy atom. The highest BCUT2D eigenvalue weighted by Gasteiger charge is 2.40.